The number of rotatable bonds is 2. The van der Waals surface area contributed by atoms with Crippen LogP contribution in [0.25, 0.3) is 0 Å². The number of hydrogen-bond acceptors (Lipinski definition) is 2. The molecule has 0 atom stereocenters. The summed E-state index contributed by atoms with van der Waals surface area (Å²) in [6.07, 6.45) is -4.62. The average Bonchev–Trinajstić information content (AvgIpc) is 2.70. The van der Waals surface area contributed by atoms with Gasteiger partial charge in [-0.15, -0.1) is 0 Å². The number of hydrogen-bond donors (Lipinski definition) is 2. The maximum Gasteiger partial charge on any atom is 0.418 e. The number of benzene rings is 1. The van der Waals surface area contributed by atoms with Gasteiger partial charge < -0.3 is 5.32 Å². The first kappa shape index (κ1) is 15.4. The van der Waals surface area contributed by atoms with Crippen molar-refractivity contribution in [1.82, 2.24) is 10.2 Å². The molecular weight excluding hydrogens is 307 g/mol. The molecule has 0 fully saturated rings. The summed E-state index contributed by atoms with van der Waals surface area (Å²) in [5.74, 6) is -0.697. The Kier molecular flexibility index (Phi) is 3.95. The van der Waals surface area contributed by atoms with E-state index in [2.05, 4.69) is 15.5 Å². The minimum Gasteiger partial charge on any atom is -0.320 e. The summed E-state index contributed by atoms with van der Waals surface area (Å²) in [5.41, 5.74) is -0.405. The van der Waals surface area contributed by atoms with E-state index >= 15 is 0 Å². The van der Waals surface area contributed by atoms with Gasteiger partial charge in [-0.1, -0.05) is 17.7 Å². The molecule has 0 radical (unpaired) electrons. The number of anilines is 1. The highest BCUT2D eigenvalue weighted by Crippen LogP contribution is 2.38. The van der Waals surface area contributed by atoms with Gasteiger partial charge >= 0.3 is 6.18 Å². The molecule has 112 valence electrons. The van der Waals surface area contributed by atoms with Gasteiger partial charge in [-0.25, -0.2) is 0 Å². The quantitative estimate of drug-likeness (QED) is 0.881. The number of H-pyrrole nitrogens is 1. The van der Waals surface area contributed by atoms with Crippen molar-refractivity contribution in [3.8, 4) is 0 Å². The first-order valence-electron chi connectivity index (χ1n) is 5.90. The summed E-state index contributed by atoms with van der Waals surface area (Å²) >= 11 is 5.78. The van der Waals surface area contributed by atoms with E-state index in [1.54, 1.807) is 13.8 Å². The summed E-state index contributed by atoms with van der Waals surface area (Å²) in [5, 5.41) is 8.46. The molecule has 2 N–H and O–H groups in total. The Labute approximate surface area is 123 Å². The van der Waals surface area contributed by atoms with Gasteiger partial charge in [0.1, 0.15) is 0 Å². The summed E-state index contributed by atoms with van der Waals surface area (Å²) in [7, 11) is 0. The molecule has 1 aromatic heterocycles. The van der Waals surface area contributed by atoms with E-state index in [0.29, 0.717) is 11.4 Å². The number of carbonyl (C=O) groups is 1. The van der Waals surface area contributed by atoms with Crippen molar-refractivity contribution >= 4 is 23.2 Å². The lowest BCUT2D eigenvalue weighted by Gasteiger charge is -2.15. The molecule has 0 bridgehead atoms. The second-order valence-corrected chi connectivity index (χ2v) is 4.83. The van der Waals surface area contributed by atoms with Crippen LogP contribution >= 0.6 is 11.6 Å². The highest BCUT2D eigenvalue weighted by atomic mass is 35.5. The second-order valence-electron chi connectivity index (χ2n) is 4.42. The number of carbonyl (C=O) groups excluding carboxylic acids is 1. The maximum atomic E-state index is 13.0. The Balaban J connectivity index is 2.43. The lowest BCUT2D eigenvalue weighted by Crippen LogP contribution is -2.18. The van der Waals surface area contributed by atoms with E-state index in [4.69, 9.17) is 11.6 Å². The third-order valence-corrected chi connectivity index (χ3v) is 3.23. The van der Waals surface area contributed by atoms with Crippen LogP contribution in [-0.4, -0.2) is 16.1 Å². The number of para-hydroxylation sites is 1. The van der Waals surface area contributed by atoms with Crippen LogP contribution in [0.1, 0.15) is 27.3 Å². The predicted molar refractivity (Wildman–Crippen MR) is 72.5 cm³/mol. The van der Waals surface area contributed by atoms with Crippen LogP contribution in [0.15, 0.2) is 18.2 Å². The molecule has 1 heterocycles. The van der Waals surface area contributed by atoms with E-state index in [9.17, 15) is 18.0 Å². The minimum atomic E-state index is -4.62. The van der Waals surface area contributed by atoms with E-state index < -0.39 is 23.3 Å². The number of halogens is 4. The average molecular weight is 318 g/mol. The molecule has 0 aliphatic rings. The Morgan fingerprint density at radius 2 is 2.00 bits per heavy atom. The van der Waals surface area contributed by atoms with Crippen molar-refractivity contribution in [2.24, 2.45) is 0 Å². The zero-order chi connectivity index (χ0) is 15.8. The van der Waals surface area contributed by atoms with Crippen LogP contribution in [0.2, 0.25) is 5.02 Å². The monoisotopic (exact) mass is 317 g/mol. The molecule has 2 aromatic rings. The molecule has 1 aromatic carbocycles. The van der Waals surface area contributed by atoms with Crippen molar-refractivity contribution in [2.75, 3.05) is 5.32 Å². The summed E-state index contributed by atoms with van der Waals surface area (Å²) in [6, 6.07) is 3.31. The lowest BCUT2D eigenvalue weighted by atomic mass is 10.1. The largest absolute Gasteiger partial charge is 0.418 e. The molecule has 0 saturated carbocycles. The molecule has 0 saturated heterocycles. The van der Waals surface area contributed by atoms with Gasteiger partial charge in [0, 0.05) is 5.69 Å². The van der Waals surface area contributed by atoms with E-state index in [1.165, 1.54) is 12.1 Å². The highest BCUT2D eigenvalue weighted by Gasteiger charge is 2.35. The molecule has 0 aliphatic carbocycles. The Morgan fingerprint density at radius 3 is 2.52 bits per heavy atom. The SMILES string of the molecule is Cc1n[nH]c(C)c1C(=O)Nc1c(Cl)cccc1C(F)(F)F. The van der Waals surface area contributed by atoms with E-state index in [1.807, 2.05) is 0 Å². The first-order chi connectivity index (χ1) is 9.71. The Hall–Kier alpha value is -2.02. The van der Waals surface area contributed by atoms with Crippen LogP contribution < -0.4 is 5.32 Å². The van der Waals surface area contributed by atoms with Crippen LogP contribution in [0, 0.1) is 13.8 Å². The van der Waals surface area contributed by atoms with E-state index in [0.717, 1.165) is 6.07 Å². The van der Waals surface area contributed by atoms with Gasteiger partial charge in [0.05, 0.1) is 27.5 Å². The normalized spacial score (nSPS) is 11.5. The second kappa shape index (κ2) is 5.40. The van der Waals surface area contributed by atoms with Crippen molar-refractivity contribution in [3.05, 3.63) is 45.7 Å². The topological polar surface area (TPSA) is 57.8 Å². The third kappa shape index (κ3) is 3.02. The number of alkyl halides is 3. The number of nitrogens with zero attached hydrogens (tertiary/aromatic N) is 1. The van der Waals surface area contributed by atoms with Gasteiger partial charge in [0.15, 0.2) is 0 Å². The molecule has 0 unspecified atom stereocenters. The first-order valence-corrected chi connectivity index (χ1v) is 6.28. The Morgan fingerprint density at radius 1 is 1.33 bits per heavy atom. The molecular formula is C13H11ClF3N3O. The lowest BCUT2D eigenvalue weighted by molar-refractivity contribution is -0.136. The van der Waals surface area contributed by atoms with Gasteiger partial charge in [-0.3, -0.25) is 9.89 Å². The third-order valence-electron chi connectivity index (χ3n) is 2.91. The fourth-order valence-corrected chi connectivity index (χ4v) is 2.17. The molecule has 2 rings (SSSR count). The number of aromatic amines is 1. The van der Waals surface area contributed by atoms with Gasteiger partial charge in [0.25, 0.3) is 5.91 Å². The summed E-state index contributed by atoms with van der Waals surface area (Å²) < 4.78 is 38.9. The van der Waals surface area contributed by atoms with Gasteiger partial charge in [0.2, 0.25) is 0 Å². The number of aryl methyl sites for hydroxylation is 2. The number of amides is 1. The zero-order valence-electron chi connectivity index (χ0n) is 11.1. The van der Waals surface area contributed by atoms with E-state index in [-0.39, 0.29) is 10.6 Å². The van der Waals surface area contributed by atoms with Crippen LogP contribution in [0.4, 0.5) is 18.9 Å². The highest BCUT2D eigenvalue weighted by molar-refractivity contribution is 6.34. The fraction of sp³-hybridized carbons (Fsp3) is 0.231. The molecule has 0 spiro atoms. The van der Waals surface area contributed by atoms with Crippen molar-refractivity contribution in [3.63, 3.8) is 0 Å². The van der Waals surface area contributed by atoms with Gasteiger partial charge in [-0.05, 0) is 26.0 Å². The molecule has 1 amide bonds. The molecule has 4 nitrogen and oxygen atoms in total. The van der Waals surface area contributed by atoms with Crippen molar-refractivity contribution < 1.29 is 18.0 Å². The number of nitrogens with one attached hydrogen (secondary N) is 2. The van der Waals surface area contributed by atoms with Crippen LogP contribution in [-0.2, 0) is 6.18 Å². The smallest absolute Gasteiger partial charge is 0.320 e. The van der Waals surface area contributed by atoms with Crippen molar-refractivity contribution in [1.29, 1.82) is 0 Å². The minimum absolute atomic E-state index is 0.183. The summed E-state index contributed by atoms with van der Waals surface area (Å²) in [4.78, 5) is 12.2. The molecule has 21 heavy (non-hydrogen) atoms. The zero-order valence-corrected chi connectivity index (χ0v) is 11.9. The standard InChI is InChI=1S/C13H11ClF3N3O/c1-6-10(7(2)20-19-6)12(21)18-11-8(13(15,16)17)4-3-5-9(11)14/h3-5H,1-2H3,(H,18,21)(H,19,20). The maximum absolute atomic E-state index is 13.0. The summed E-state index contributed by atoms with van der Waals surface area (Å²) in [6.45, 7) is 3.18. The number of aromatic nitrogens is 2. The van der Waals surface area contributed by atoms with Crippen LogP contribution in [0.5, 0.6) is 0 Å². The van der Waals surface area contributed by atoms with Crippen molar-refractivity contribution in [2.45, 2.75) is 20.0 Å². The molecule has 0 aliphatic heterocycles. The fourth-order valence-electron chi connectivity index (χ4n) is 1.95. The molecule has 8 heteroatoms. The van der Waals surface area contributed by atoms with Crippen LogP contribution in [0.3, 0.4) is 0 Å². The predicted octanol–water partition coefficient (Wildman–Crippen LogP) is 3.95. The van der Waals surface area contributed by atoms with Gasteiger partial charge in [-0.2, -0.15) is 18.3 Å². The Bertz CT molecular complexity index is 675.